The molecule has 0 aromatic heterocycles. The van der Waals surface area contributed by atoms with E-state index in [1.807, 2.05) is 0 Å². The number of cyclic esters (lactones) is 2. The molecule has 6 atom stereocenters. The van der Waals surface area contributed by atoms with Gasteiger partial charge in [0.15, 0.2) is 0 Å². The molecular weight excluding hydrogens is 466 g/mol. The van der Waals surface area contributed by atoms with Crippen LogP contribution in [0.4, 0.5) is 0 Å². The monoisotopic (exact) mass is 513 g/mol. The molecule has 0 bridgehead atoms. The number of hydrogen-bond donors (Lipinski definition) is 2. The third-order valence-electron chi connectivity index (χ3n) is 6.58. The lowest BCUT2D eigenvalue weighted by Crippen LogP contribution is -2.47. The Labute approximate surface area is 216 Å². The summed E-state index contributed by atoms with van der Waals surface area (Å²) in [5.41, 5.74) is 0. The van der Waals surface area contributed by atoms with Gasteiger partial charge in [-0.1, -0.05) is 65.2 Å². The average Bonchev–Trinajstić information content (AvgIpc) is 2.82. The Morgan fingerprint density at radius 3 is 1.83 bits per heavy atom. The number of unbranched alkanes of at least 4 members (excludes halogenated alkanes) is 6. The van der Waals surface area contributed by atoms with E-state index in [1.54, 1.807) is 13.8 Å². The second-order valence-electron chi connectivity index (χ2n) is 9.98. The van der Waals surface area contributed by atoms with Gasteiger partial charge in [-0.3, -0.25) is 19.2 Å². The molecule has 2 saturated heterocycles. The molecule has 2 rings (SSSR count). The molecule has 2 aliphatic rings. The highest BCUT2D eigenvalue weighted by atomic mass is 16.6. The van der Waals surface area contributed by atoms with Crippen molar-refractivity contribution in [3.8, 4) is 0 Å². The number of aliphatic hydroxyl groups excluding tert-OH is 1. The zero-order valence-corrected chi connectivity index (χ0v) is 22.5. The molecule has 208 valence electrons. The minimum Gasteiger partial charge on any atom is -0.461 e. The first kappa shape index (κ1) is 31.9. The van der Waals surface area contributed by atoms with Crippen LogP contribution in [0.1, 0.15) is 105 Å². The minimum atomic E-state index is -0.486. The fraction of sp³-hybridized carbons (Fsp3) is 0.852. The molecule has 2 heterocycles. The smallest absolute Gasteiger partial charge is 0.325 e. The van der Waals surface area contributed by atoms with Gasteiger partial charge in [-0.2, -0.15) is 0 Å². The Kier molecular flexibility index (Phi) is 16.1. The largest absolute Gasteiger partial charge is 0.461 e. The molecule has 0 spiro atoms. The molecule has 36 heavy (non-hydrogen) atoms. The highest BCUT2D eigenvalue weighted by Crippen LogP contribution is 2.32. The molecule has 0 aromatic carbocycles. The van der Waals surface area contributed by atoms with Crippen molar-refractivity contribution in [2.24, 2.45) is 11.8 Å². The number of rotatable bonds is 18. The van der Waals surface area contributed by atoms with E-state index in [4.69, 9.17) is 14.2 Å². The third kappa shape index (κ3) is 12.2. The number of carbonyl (C=O) groups excluding carboxylic acids is 4. The van der Waals surface area contributed by atoms with E-state index < -0.39 is 5.97 Å². The molecule has 1 unspecified atom stereocenters. The zero-order valence-electron chi connectivity index (χ0n) is 22.5. The second kappa shape index (κ2) is 18.1. The first-order valence-corrected chi connectivity index (χ1v) is 13.7. The maximum absolute atomic E-state index is 11.5. The van der Waals surface area contributed by atoms with Crippen molar-refractivity contribution < 1.29 is 38.5 Å². The van der Waals surface area contributed by atoms with Crippen LogP contribution in [0.15, 0.2) is 0 Å². The number of aliphatic hydroxyl groups is 1. The van der Waals surface area contributed by atoms with Crippen LogP contribution in [0, 0.1) is 11.8 Å². The Morgan fingerprint density at radius 2 is 1.42 bits per heavy atom. The Morgan fingerprint density at radius 1 is 0.917 bits per heavy atom. The summed E-state index contributed by atoms with van der Waals surface area (Å²) >= 11 is 0. The molecule has 9 nitrogen and oxygen atoms in total. The lowest BCUT2D eigenvalue weighted by Gasteiger charge is -2.36. The van der Waals surface area contributed by atoms with E-state index in [0.29, 0.717) is 19.3 Å². The van der Waals surface area contributed by atoms with Crippen LogP contribution >= 0.6 is 0 Å². The van der Waals surface area contributed by atoms with Crippen molar-refractivity contribution in [1.29, 1.82) is 0 Å². The van der Waals surface area contributed by atoms with Crippen LogP contribution in [0.5, 0.6) is 0 Å². The summed E-state index contributed by atoms with van der Waals surface area (Å²) in [7, 11) is 0. The van der Waals surface area contributed by atoms with Crippen LogP contribution in [-0.2, 0) is 33.4 Å². The lowest BCUT2D eigenvalue weighted by molar-refractivity contribution is -0.190. The predicted molar refractivity (Wildman–Crippen MR) is 135 cm³/mol. The normalized spacial score (nSPS) is 24.0. The number of nitrogens with one attached hydrogen (secondary N) is 1. The average molecular weight is 514 g/mol. The fourth-order valence-corrected chi connectivity index (χ4v) is 4.51. The zero-order chi connectivity index (χ0) is 26.9. The van der Waals surface area contributed by atoms with Gasteiger partial charge in [-0.15, -0.1) is 0 Å². The van der Waals surface area contributed by atoms with Gasteiger partial charge in [-0.25, -0.2) is 0 Å². The molecule has 0 saturated carbocycles. The van der Waals surface area contributed by atoms with Crippen molar-refractivity contribution in [3.05, 3.63) is 0 Å². The molecule has 2 aliphatic heterocycles. The molecule has 1 amide bonds. The van der Waals surface area contributed by atoms with Crippen molar-refractivity contribution >= 4 is 24.3 Å². The van der Waals surface area contributed by atoms with E-state index in [9.17, 15) is 24.3 Å². The Balaban J connectivity index is 0.000000381. The predicted octanol–water partition coefficient (Wildman–Crippen LogP) is 3.84. The van der Waals surface area contributed by atoms with E-state index in [2.05, 4.69) is 19.2 Å². The molecular formula is C27H47NO8. The standard InChI is InChI=1S/C15H25NO5.C12H22O3/c1-3-4-5-6-7-12-13(21-15(12)19)8-11(2)20-14(18)9-16-10-17;1-3-4-5-6-7-10-11(8-9(2)13)15-12(10)14/h10-13H,3-9H2,1-2H3,(H,16,17);9-11,13H,3-8H2,1-2H3/t11-,12+,13?;9-,10+,11+/m11/s1. The number of amides is 1. The number of hydrogen-bond acceptors (Lipinski definition) is 8. The van der Waals surface area contributed by atoms with Gasteiger partial charge in [0.05, 0.1) is 17.9 Å². The van der Waals surface area contributed by atoms with Gasteiger partial charge >= 0.3 is 17.9 Å². The van der Waals surface area contributed by atoms with Crippen LogP contribution in [0.25, 0.3) is 0 Å². The first-order chi connectivity index (χ1) is 17.2. The number of carbonyl (C=O) groups is 4. The van der Waals surface area contributed by atoms with Crippen molar-refractivity contribution in [2.45, 2.75) is 129 Å². The minimum absolute atomic E-state index is 0.0286. The topological polar surface area (TPSA) is 128 Å². The molecule has 2 N–H and O–H groups in total. The van der Waals surface area contributed by atoms with E-state index in [-0.39, 0.29) is 54.7 Å². The van der Waals surface area contributed by atoms with Crippen LogP contribution < -0.4 is 5.32 Å². The van der Waals surface area contributed by atoms with Crippen LogP contribution in [0.3, 0.4) is 0 Å². The summed E-state index contributed by atoms with van der Waals surface area (Å²) in [5.74, 6) is -0.706. The van der Waals surface area contributed by atoms with Gasteiger partial charge in [0.2, 0.25) is 6.41 Å². The Hall–Kier alpha value is -2.16. The summed E-state index contributed by atoms with van der Waals surface area (Å²) in [4.78, 5) is 44.1. The lowest BCUT2D eigenvalue weighted by atomic mass is 9.87. The maximum Gasteiger partial charge on any atom is 0.325 e. The van der Waals surface area contributed by atoms with E-state index in [1.165, 1.54) is 32.1 Å². The molecule has 9 heteroatoms. The molecule has 0 aliphatic carbocycles. The van der Waals surface area contributed by atoms with Gasteiger partial charge in [0.1, 0.15) is 24.9 Å². The summed E-state index contributed by atoms with van der Waals surface area (Å²) in [6.45, 7) is 7.68. The second-order valence-corrected chi connectivity index (χ2v) is 9.98. The highest BCUT2D eigenvalue weighted by Gasteiger charge is 2.43. The summed E-state index contributed by atoms with van der Waals surface area (Å²) < 4.78 is 15.3. The van der Waals surface area contributed by atoms with E-state index >= 15 is 0 Å². The summed E-state index contributed by atoms with van der Waals surface area (Å²) in [6.07, 6.45) is 11.7. The van der Waals surface area contributed by atoms with Crippen LogP contribution in [-0.4, -0.2) is 60.4 Å². The van der Waals surface area contributed by atoms with Crippen molar-refractivity contribution in [3.63, 3.8) is 0 Å². The SMILES string of the molecule is CCCCCC[C@@H]1C(=O)OC1C[C@@H](C)OC(=O)CNC=O.CCCCCC[C@@H]1C(=O)O[C@H]1C[C@@H](C)O. The van der Waals surface area contributed by atoms with Gasteiger partial charge in [-0.05, 0) is 26.7 Å². The van der Waals surface area contributed by atoms with Gasteiger partial charge in [0.25, 0.3) is 0 Å². The quantitative estimate of drug-likeness (QED) is 0.122. The van der Waals surface area contributed by atoms with Gasteiger partial charge < -0.3 is 24.6 Å². The Bertz CT molecular complexity index is 668. The first-order valence-electron chi connectivity index (χ1n) is 13.7. The van der Waals surface area contributed by atoms with Gasteiger partial charge in [0, 0.05) is 12.8 Å². The highest BCUT2D eigenvalue weighted by molar-refractivity contribution is 5.79. The molecule has 2 fully saturated rings. The third-order valence-corrected chi connectivity index (χ3v) is 6.58. The summed E-state index contributed by atoms with van der Waals surface area (Å²) in [6, 6.07) is 0. The molecule has 0 radical (unpaired) electrons. The number of ether oxygens (including phenoxy) is 3. The summed E-state index contributed by atoms with van der Waals surface area (Å²) in [5, 5.41) is 11.5. The molecule has 0 aromatic rings. The van der Waals surface area contributed by atoms with Crippen LogP contribution in [0.2, 0.25) is 0 Å². The van der Waals surface area contributed by atoms with Crippen molar-refractivity contribution in [2.75, 3.05) is 6.54 Å². The fourth-order valence-electron chi connectivity index (χ4n) is 4.51. The van der Waals surface area contributed by atoms with E-state index in [0.717, 1.165) is 32.1 Å². The van der Waals surface area contributed by atoms with Crippen molar-refractivity contribution in [1.82, 2.24) is 5.32 Å². The maximum atomic E-state index is 11.5. The number of esters is 3.